The molecule has 188 valence electrons. The first-order valence-corrected chi connectivity index (χ1v) is 13.2. The number of anilines is 1. The molecule has 3 aliphatic rings. The summed E-state index contributed by atoms with van der Waals surface area (Å²) in [6.45, 7) is 16.7. The molecule has 0 aliphatic heterocycles. The molecule has 7 heteroatoms. The summed E-state index contributed by atoms with van der Waals surface area (Å²) in [7, 11) is -2.48. The van der Waals surface area contributed by atoms with E-state index in [1.54, 1.807) is 12.2 Å². The van der Waals surface area contributed by atoms with Gasteiger partial charge in [-0.3, -0.25) is 9.59 Å². The minimum absolute atomic E-state index is 0.0162. The van der Waals surface area contributed by atoms with Crippen molar-refractivity contribution in [1.29, 1.82) is 0 Å². The highest BCUT2D eigenvalue weighted by Crippen LogP contribution is 2.69. The average molecular weight is 497 g/mol. The standard InChI is InChI=1S/C28H36N2O4S/c1-25(2)21(26(25,3)4)23(31)29-18-12-9-16(10-13-18)17-11-14-19(20(15-17)35(33)34)30-24(32)22-27(5,6)28(22,7)8/h9-15,19,21-22H,1-8H3,(H,29,31)(H,30,32)/t19-/m1/s1. The van der Waals surface area contributed by atoms with Gasteiger partial charge in [-0.15, -0.1) is 0 Å². The van der Waals surface area contributed by atoms with Crippen LogP contribution in [0.5, 0.6) is 0 Å². The molecule has 0 heterocycles. The van der Waals surface area contributed by atoms with Gasteiger partial charge in [0.15, 0.2) is 0 Å². The van der Waals surface area contributed by atoms with Gasteiger partial charge in [0.05, 0.1) is 10.9 Å². The molecule has 0 unspecified atom stereocenters. The monoisotopic (exact) mass is 496 g/mol. The van der Waals surface area contributed by atoms with Crippen LogP contribution in [-0.2, 0) is 19.9 Å². The number of nitrogens with one attached hydrogen (secondary N) is 2. The van der Waals surface area contributed by atoms with Crippen molar-refractivity contribution in [2.24, 2.45) is 33.5 Å². The number of hydrogen-bond acceptors (Lipinski definition) is 4. The quantitative estimate of drug-likeness (QED) is 0.588. The molecule has 2 amide bonds. The van der Waals surface area contributed by atoms with Crippen molar-refractivity contribution < 1.29 is 18.0 Å². The predicted molar refractivity (Wildman–Crippen MR) is 140 cm³/mol. The van der Waals surface area contributed by atoms with Crippen LogP contribution in [0.3, 0.4) is 0 Å². The van der Waals surface area contributed by atoms with E-state index in [2.05, 4.69) is 66.0 Å². The van der Waals surface area contributed by atoms with E-state index in [1.807, 2.05) is 30.3 Å². The van der Waals surface area contributed by atoms with Crippen molar-refractivity contribution in [3.8, 4) is 0 Å². The molecule has 1 aromatic carbocycles. The minimum Gasteiger partial charge on any atom is -0.344 e. The third kappa shape index (κ3) is 3.98. The van der Waals surface area contributed by atoms with Crippen molar-refractivity contribution in [3.63, 3.8) is 0 Å². The molecule has 1 atom stereocenters. The maximum Gasteiger partial charge on any atom is 0.228 e. The summed E-state index contributed by atoms with van der Waals surface area (Å²) in [6, 6.07) is 6.66. The lowest BCUT2D eigenvalue weighted by atomic mass is 9.96. The first-order valence-electron chi connectivity index (χ1n) is 12.1. The number of amides is 2. The molecule has 3 aliphatic carbocycles. The predicted octanol–water partition coefficient (Wildman–Crippen LogP) is 4.48. The molecule has 0 aromatic heterocycles. The second kappa shape index (κ2) is 7.92. The summed E-state index contributed by atoms with van der Waals surface area (Å²) < 4.78 is 24.0. The number of rotatable bonds is 5. The molecule has 1 aromatic rings. The van der Waals surface area contributed by atoms with Gasteiger partial charge in [0.2, 0.25) is 22.1 Å². The first kappa shape index (κ1) is 25.4. The second-order valence-corrected chi connectivity index (χ2v) is 13.3. The molecule has 4 rings (SSSR count). The number of carbonyl (C=O) groups excluding carboxylic acids is 2. The lowest BCUT2D eigenvalue weighted by Crippen LogP contribution is -2.41. The lowest BCUT2D eigenvalue weighted by Gasteiger charge is -2.19. The molecule has 0 saturated heterocycles. The summed E-state index contributed by atoms with van der Waals surface area (Å²) in [6.07, 6.45) is 5.14. The van der Waals surface area contributed by atoms with Gasteiger partial charge in [-0.1, -0.05) is 79.7 Å². The minimum atomic E-state index is -2.48. The zero-order valence-electron chi connectivity index (χ0n) is 21.8. The van der Waals surface area contributed by atoms with Crippen LogP contribution in [0.15, 0.2) is 42.5 Å². The zero-order chi connectivity index (χ0) is 26.1. The topological polar surface area (TPSA) is 92.3 Å². The van der Waals surface area contributed by atoms with Crippen molar-refractivity contribution in [2.45, 2.75) is 61.4 Å². The number of allylic oxidation sites excluding steroid dienone is 2. The van der Waals surface area contributed by atoms with E-state index >= 15 is 0 Å². The molecule has 2 saturated carbocycles. The molecule has 0 bridgehead atoms. The Hall–Kier alpha value is -2.67. The van der Waals surface area contributed by atoms with E-state index in [1.165, 1.54) is 0 Å². The Morgan fingerprint density at radius 3 is 1.71 bits per heavy atom. The van der Waals surface area contributed by atoms with Gasteiger partial charge in [-0.05, 0) is 51.0 Å². The van der Waals surface area contributed by atoms with E-state index in [0.717, 1.165) is 11.1 Å². The molecule has 35 heavy (non-hydrogen) atoms. The van der Waals surface area contributed by atoms with Crippen LogP contribution < -0.4 is 10.6 Å². The van der Waals surface area contributed by atoms with Gasteiger partial charge in [-0.25, -0.2) is 0 Å². The van der Waals surface area contributed by atoms with Crippen LogP contribution in [-0.4, -0.2) is 31.1 Å². The molecule has 0 spiro atoms. The van der Waals surface area contributed by atoms with Crippen molar-refractivity contribution in [2.75, 3.05) is 5.32 Å². The summed E-state index contributed by atoms with van der Waals surface area (Å²) in [5.74, 6) is -0.314. The fraction of sp³-hybridized carbons (Fsp3) is 0.536. The van der Waals surface area contributed by atoms with Crippen molar-refractivity contribution >= 4 is 38.2 Å². The maximum absolute atomic E-state index is 12.9. The molecule has 6 nitrogen and oxygen atoms in total. The Morgan fingerprint density at radius 1 is 0.771 bits per heavy atom. The fourth-order valence-electron chi connectivity index (χ4n) is 5.94. The smallest absolute Gasteiger partial charge is 0.228 e. The Kier molecular flexibility index (Phi) is 5.75. The second-order valence-electron chi connectivity index (χ2n) is 12.4. The van der Waals surface area contributed by atoms with E-state index in [-0.39, 0.29) is 50.2 Å². The SMILES string of the molecule is CC1(C)C(C(=O)Nc2ccc(C3=CC(=S(=O)=O)[C@H](NC(=O)C4C(C)(C)C4(C)C)C=C3)cc2)C1(C)C. The Balaban J connectivity index is 1.46. The number of benzene rings is 1. The van der Waals surface area contributed by atoms with Gasteiger partial charge in [0.1, 0.15) is 0 Å². The van der Waals surface area contributed by atoms with Crippen LogP contribution in [0.2, 0.25) is 0 Å². The highest BCUT2D eigenvalue weighted by atomic mass is 32.2. The van der Waals surface area contributed by atoms with Crippen molar-refractivity contribution in [1.82, 2.24) is 5.32 Å². The van der Waals surface area contributed by atoms with E-state index in [0.29, 0.717) is 5.69 Å². The average Bonchev–Trinajstić information content (AvgIpc) is 3.36. The fourth-order valence-corrected chi connectivity index (χ4v) is 6.51. The first-order chi connectivity index (χ1) is 16.0. The van der Waals surface area contributed by atoms with Crippen LogP contribution in [0.1, 0.15) is 61.0 Å². The number of hydrogen-bond donors (Lipinski definition) is 2. The summed E-state index contributed by atoms with van der Waals surface area (Å²) >= 11 is 0. The highest BCUT2D eigenvalue weighted by molar-refractivity contribution is 7.73. The molecule has 2 fully saturated rings. The van der Waals surface area contributed by atoms with Crippen molar-refractivity contribution in [3.05, 3.63) is 48.1 Å². The summed E-state index contributed by atoms with van der Waals surface area (Å²) in [5.41, 5.74) is 1.92. The molecular formula is C28H36N2O4S. The largest absolute Gasteiger partial charge is 0.344 e. The Bertz CT molecular complexity index is 1260. The molecular weight excluding hydrogens is 460 g/mol. The molecule has 0 radical (unpaired) electrons. The highest BCUT2D eigenvalue weighted by Gasteiger charge is 2.69. The van der Waals surface area contributed by atoms with Gasteiger partial charge in [-0.2, -0.15) is 8.42 Å². The van der Waals surface area contributed by atoms with Gasteiger partial charge in [0, 0.05) is 17.5 Å². The van der Waals surface area contributed by atoms with Gasteiger partial charge < -0.3 is 10.6 Å². The van der Waals surface area contributed by atoms with Crippen LogP contribution >= 0.6 is 0 Å². The Labute approximate surface area is 209 Å². The normalized spacial score (nSPS) is 25.4. The lowest BCUT2D eigenvalue weighted by molar-refractivity contribution is -0.123. The van der Waals surface area contributed by atoms with E-state index < -0.39 is 16.3 Å². The summed E-state index contributed by atoms with van der Waals surface area (Å²) in [5, 5.41) is 5.91. The number of carbonyl (C=O) groups is 2. The van der Waals surface area contributed by atoms with Crippen LogP contribution in [0.4, 0.5) is 5.69 Å². The third-order valence-electron chi connectivity index (χ3n) is 9.61. The zero-order valence-corrected chi connectivity index (χ0v) is 22.6. The molecule has 2 N–H and O–H groups in total. The van der Waals surface area contributed by atoms with Crippen LogP contribution in [0, 0.1) is 33.5 Å². The van der Waals surface area contributed by atoms with E-state index in [9.17, 15) is 18.0 Å². The van der Waals surface area contributed by atoms with E-state index in [4.69, 9.17) is 0 Å². The van der Waals surface area contributed by atoms with Gasteiger partial charge in [0.25, 0.3) is 0 Å². The summed E-state index contributed by atoms with van der Waals surface area (Å²) in [4.78, 5) is 25.7. The third-order valence-corrected chi connectivity index (χ3v) is 10.4. The Morgan fingerprint density at radius 2 is 1.26 bits per heavy atom. The maximum atomic E-state index is 12.9. The van der Waals surface area contributed by atoms with Crippen LogP contribution in [0.25, 0.3) is 5.57 Å². The van der Waals surface area contributed by atoms with Gasteiger partial charge >= 0.3 is 0 Å².